The van der Waals surface area contributed by atoms with Crippen LogP contribution in [0.3, 0.4) is 0 Å². The number of aliphatic hydroxyl groups is 1. The first-order valence-electron chi connectivity index (χ1n) is 4.88. The first kappa shape index (κ1) is 12.6. The Morgan fingerprint density at radius 1 is 1.44 bits per heavy atom. The van der Waals surface area contributed by atoms with Crippen molar-refractivity contribution in [1.29, 1.82) is 5.26 Å². The number of benzene rings is 1. The molecule has 1 aromatic carbocycles. The van der Waals surface area contributed by atoms with Crippen LogP contribution in [0.15, 0.2) is 18.2 Å². The zero-order chi connectivity index (χ0) is 12.0. The molecule has 0 aliphatic heterocycles. The summed E-state index contributed by atoms with van der Waals surface area (Å²) in [6.07, 6.45) is 0.473. The highest BCUT2D eigenvalue weighted by molar-refractivity contribution is 5.26. The van der Waals surface area contributed by atoms with Crippen molar-refractivity contribution in [3.8, 4) is 6.07 Å². The maximum atomic E-state index is 13.3. The van der Waals surface area contributed by atoms with Gasteiger partial charge in [0.25, 0.3) is 0 Å². The molecule has 1 aromatic rings. The number of hydrogen-bond acceptors (Lipinski definition) is 3. The minimum absolute atomic E-state index is 0.00293. The van der Waals surface area contributed by atoms with E-state index in [0.717, 1.165) is 12.1 Å². The van der Waals surface area contributed by atoms with E-state index in [0.29, 0.717) is 13.0 Å². The number of rotatable bonds is 5. The Bertz CT molecular complexity index is 390. The molecular formula is C11H12F2N2O. The second-order valence-corrected chi connectivity index (χ2v) is 3.26. The van der Waals surface area contributed by atoms with Crippen LogP contribution in [0.1, 0.15) is 18.0 Å². The van der Waals surface area contributed by atoms with E-state index in [1.165, 1.54) is 6.07 Å². The van der Waals surface area contributed by atoms with Crippen molar-refractivity contribution in [2.75, 3.05) is 13.2 Å². The summed E-state index contributed by atoms with van der Waals surface area (Å²) >= 11 is 0. The van der Waals surface area contributed by atoms with Crippen LogP contribution in [0.4, 0.5) is 8.78 Å². The highest BCUT2D eigenvalue weighted by Gasteiger charge is 2.14. The van der Waals surface area contributed by atoms with Gasteiger partial charge in [-0.3, -0.25) is 5.32 Å². The van der Waals surface area contributed by atoms with Gasteiger partial charge in [-0.1, -0.05) is 6.07 Å². The van der Waals surface area contributed by atoms with E-state index < -0.39 is 17.7 Å². The Balaban J connectivity index is 2.76. The van der Waals surface area contributed by atoms with Crippen LogP contribution in [0.2, 0.25) is 0 Å². The summed E-state index contributed by atoms with van der Waals surface area (Å²) in [5.41, 5.74) is 0.113. The van der Waals surface area contributed by atoms with Crippen LogP contribution in [0, 0.1) is 23.0 Å². The molecule has 1 atom stereocenters. The molecule has 86 valence electrons. The third-order valence-corrected chi connectivity index (χ3v) is 2.09. The maximum Gasteiger partial charge on any atom is 0.131 e. The minimum Gasteiger partial charge on any atom is -0.396 e. The summed E-state index contributed by atoms with van der Waals surface area (Å²) in [5, 5.41) is 20.2. The minimum atomic E-state index is -0.827. The van der Waals surface area contributed by atoms with Crippen molar-refractivity contribution >= 4 is 0 Å². The van der Waals surface area contributed by atoms with E-state index in [9.17, 15) is 8.78 Å². The van der Waals surface area contributed by atoms with Crippen molar-refractivity contribution in [2.24, 2.45) is 0 Å². The lowest BCUT2D eigenvalue weighted by Crippen LogP contribution is -2.22. The van der Waals surface area contributed by atoms with Crippen LogP contribution < -0.4 is 5.32 Å². The zero-order valence-corrected chi connectivity index (χ0v) is 8.58. The van der Waals surface area contributed by atoms with Crippen molar-refractivity contribution in [3.05, 3.63) is 35.4 Å². The van der Waals surface area contributed by atoms with Gasteiger partial charge >= 0.3 is 0 Å². The van der Waals surface area contributed by atoms with Crippen LogP contribution in [0.25, 0.3) is 0 Å². The van der Waals surface area contributed by atoms with Crippen LogP contribution in [0.5, 0.6) is 0 Å². The van der Waals surface area contributed by atoms with Crippen molar-refractivity contribution in [3.63, 3.8) is 0 Å². The van der Waals surface area contributed by atoms with Crippen LogP contribution in [-0.2, 0) is 0 Å². The molecule has 16 heavy (non-hydrogen) atoms. The topological polar surface area (TPSA) is 56.0 Å². The Kier molecular flexibility index (Phi) is 4.83. The van der Waals surface area contributed by atoms with Gasteiger partial charge in [0.15, 0.2) is 0 Å². The molecule has 0 aromatic heterocycles. The van der Waals surface area contributed by atoms with Crippen molar-refractivity contribution < 1.29 is 13.9 Å². The highest BCUT2D eigenvalue weighted by atomic mass is 19.1. The zero-order valence-electron chi connectivity index (χ0n) is 8.58. The lowest BCUT2D eigenvalue weighted by molar-refractivity contribution is 0.285. The van der Waals surface area contributed by atoms with Gasteiger partial charge in [-0.15, -0.1) is 0 Å². The van der Waals surface area contributed by atoms with Gasteiger partial charge < -0.3 is 5.11 Å². The molecule has 1 unspecified atom stereocenters. The fraction of sp³-hybridized carbons (Fsp3) is 0.364. The standard InChI is InChI=1S/C11H12F2N2O/c12-8-2-3-9(10(13)6-8)11(7-14)15-4-1-5-16/h2-3,6,11,15-16H,1,4-5H2. The van der Waals surface area contributed by atoms with E-state index in [4.69, 9.17) is 10.4 Å². The average Bonchev–Trinajstić information content (AvgIpc) is 2.26. The fourth-order valence-electron chi connectivity index (χ4n) is 1.29. The van der Waals surface area contributed by atoms with Gasteiger partial charge in [-0.05, 0) is 19.0 Å². The number of aliphatic hydroxyl groups excluding tert-OH is 1. The molecule has 0 aliphatic rings. The SMILES string of the molecule is N#CC(NCCCO)c1ccc(F)cc1F. The van der Waals surface area contributed by atoms with Gasteiger partial charge in [-0.2, -0.15) is 5.26 Å². The molecule has 3 nitrogen and oxygen atoms in total. The highest BCUT2D eigenvalue weighted by Crippen LogP contribution is 2.17. The number of nitriles is 1. The second-order valence-electron chi connectivity index (χ2n) is 3.26. The number of halogens is 2. The molecule has 0 saturated carbocycles. The van der Waals surface area contributed by atoms with Gasteiger partial charge in [0.2, 0.25) is 0 Å². The summed E-state index contributed by atoms with van der Waals surface area (Å²) in [4.78, 5) is 0. The van der Waals surface area contributed by atoms with Crippen molar-refractivity contribution in [2.45, 2.75) is 12.5 Å². The fourth-order valence-corrected chi connectivity index (χ4v) is 1.29. The second kappa shape index (κ2) is 6.16. The quantitative estimate of drug-likeness (QED) is 0.748. The first-order chi connectivity index (χ1) is 7.69. The first-order valence-corrected chi connectivity index (χ1v) is 4.88. The molecule has 0 amide bonds. The predicted molar refractivity (Wildman–Crippen MR) is 54.4 cm³/mol. The van der Waals surface area contributed by atoms with Gasteiger partial charge in [0.1, 0.15) is 17.7 Å². The molecule has 0 spiro atoms. The summed E-state index contributed by atoms with van der Waals surface area (Å²) in [6, 6.07) is 4.15. The monoisotopic (exact) mass is 226 g/mol. The van der Waals surface area contributed by atoms with E-state index in [1.54, 1.807) is 0 Å². The Hall–Kier alpha value is -1.51. The lowest BCUT2D eigenvalue weighted by atomic mass is 10.1. The predicted octanol–water partition coefficient (Wildman–Crippen LogP) is 1.50. The number of hydrogen-bond donors (Lipinski definition) is 2. The number of nitrogens with zero attached hydrogens (tertiary/aromatic N) is 1. The van der Waals surface area contributed by atoms with E-state index in [-0.39, 0.29) is 12.2 Å². The van der Waals surface area contributed by atoms with Gasteiger partial charge in [0.05, 0.1) is 6.07 Å². The van der Waals surface area contributed by atoms with Gasteiger partial charge in [-0.25, -0.2) is 8.78 Å². The lowest BCUT2D eigenvalue weighted by Gasteiger charge is -2.12. The molecular weight excluding hydrogens is 214 g/mol. The third kappa shape index (κ3) is 3.26. The Morgan fingerprint density at radius 2 is 2.19 bits per heavy atom. The van der Waals surface area contributed by atoms with Gasteiger partial charge in [0, 0.05) is 18.2 Å². The smallest absolute Gasteiger partial charge is 0.131 e. The molecule has 1 rings (SSSR count). The third-order valence-electron chi connectivity index (χ3n) is 2.09. The maximum absolute atomic E-state index is 13.3. The summed E-state index contributed by atoms with van der Waals surface area (Å²) in [5.74, 6) is -1.42. The summed E-state index contributed by atoms with van der Waals surface area (Å²) < 4.78 is 26.0. The molecule has 2 N–H and O–H groups in total. The molecule has 0 aliphatic carbocycles. The molecule has 0 radical (unpaired) electrons. The Morgan fingerprint density at radius 3 is 2.75 bits per heavy atom. The molecule has 0 bridgehead atoms. The van der Waals surface area contributed by atoms with Crippen LogP contribution in [-0.4, -0.2) is 18.3 Å². The molecule has 0 heterocycles. The van der Waals surface area contributed by atoms with Crippen molar-refractivity contribution in [1.82, 2.24) is 5.32 Å². The van der Waals surface area contributed by atoms with E-state index in [2.05, 4.69) is 5.32 Å². The summed E-state index contributed by atoms with van der Waals surface area (Å²) in [7, 11) is 0. The van der Waals surface area contributed by atoms with Crippen LogP contribution >= 0.6 is 0 Å². The number of nitrogens with one attached hydrogen (secondary N) is 1. The molecule has 0 saturated heterocycles. The normalized spacial score (nSPS) is 12.1. The molecule has 0 fully saturated rings. The largest absolute Gasteiger partial charge is 0.396 e. The van der Waals surface area contributed by atoms with E-state index >= 15 is 0 Å². The van der Waals surface area contributed by atoms with E-state index in [1.807, 2.05) is 6.07 Å². The Labute approximate surface area is 92.3 Å². The summed E-state index contributed by atoms with van der Waals surface area (Å²) in [6.45, 7) is 0.391. The molecule has 5 heteroatoms. The average molecular weight is 226 g/mol.